The van der Waals surface area contributed by atoms with Crippen molar-refractivity contribution in [1.82, 2.24) is 0 Å². The summed E-state index contributed by atoms with van der Waals surface area (Å²) in [7, 11) is 1.00. The highest BCUT2D eigenvalue weighted by Crippen LogP contribution is 2.62. The quantitative estimate of drug-likeness (QED) is 0.633. The fourth-order valence-corrected chi connectivity index (χ4v) is 4.86. The molecule has 0 aromatic heterocycles. The van der Waals surface area contributed by atoms with Crippen LogP contribution in [0.15, 0.2) is 60.7 Å². The predicted octanol–water partition coefficient (Wildman–Crippen LogP) is 4.44. The van der Waals surface area contributed by atoms with Crippen LogP contribution in [0.2, 0.25) is 0 Å². The van der Waals surface area contributed by atoms with Crippen LogP contribution < -0.4 is 0 Å². The number of rotatable bonds is 8. The van der Waals surface area contributed by atoms with Crippen LogP contribution in [0.1, 0.15) is 44.7 Å². The molecule has 2 aromatic rings. The first-order chi connectivity index (χ1) is 15.9. The van der Waals surface area contributed by atoms with Gasteiger partial charge in [0.05, 0.1) is 19.8 Å². The van der Waals surface area contributed by atoms with Gasteiger partial charge in [-0.15, -0.1) is 0 Å². The summed E-state index contributed by atoms with van der Waals surface area (Å²) in [5.41, 5.74) is 1.64. The van der Waals surface area contributed by atoms with Crippen LogP contribution in [0, 0.1) is 5.41 Å². The van der Waals surface area contributed by atoms with Crippen molar-refractivity contribution in [1.29, 1.82) is 0 Å². The topological polar surface area (TPSA) is 66.4 Å². The highest BCUT2D eigenvalue weighted by Gasteiger charge is 2.71. The normalized spacial score (nSPS) is 30.9. The van der Waals surface area contributed by atoms with E-state index in [9.17, 15) is 0 Å². The molecule has 3 aliphatic rings. The molecule has 0 spiro atoms. The fourth-order valence-electron chi connectivity index (χ4n) is 4.86. The maximum Gasteiger partial charge on any atom is 0.190 e. The highest BCUT2D eigenvalue weighted by atomic mass is 16.8. The smallest absolute Gasteiger partial charge is 0.190 e. The Bertz CT molecular complexity index is 882. The Morgan fingerprint density at radius 2 is 1.39 bits per heavy atom. The second-order valence-corrected chi connectivity index (χ2v) is 9.73. The van der Waals surface area contributed by atoms with E-state index in [1.165, 1.54) is 0 Å². The van der Waals surface area contributed by atoms with Gasteiger partial charge in [-0.2, -0.15) is 0 Å². The van der Waals surface area contributed by atoms with E-state index in [1.807, 2.05) is 50.2 Å². The van der Waals surface area contributed by atoms with Gasteiger partial charge in [-0.3, -0.25) is 0 Å². The Morgan fingerprint density at radius 3 is 1.97 bits per heavy atom. The lowest BCUT2D eigenvalue weighted by Gasteiger charge is -2.41. The third-order valence-corrected chi connectivity index (χ3v) is 6.89. The highest BCUT2D eigenvalue weighted by molar-refractivity contribution is 5.19. The van der Waals surface area contributed by atoms with Crippen LogP contribution in [0.25, 0.3) is 0 Å². The molecule has 2 saturated heterocycles. The average molecular weight is 457 g/mol. The molecule has 5 rings (SSSR count). The zero-order valence-corrected chi connectivity index (χ0v) is 20.0. The molecule has 3 fully saturated rings. The van der Waals surface area contributed by atoms with Crippen molar-refractivity contribution in [2.75, 3.05) is 13.7 Å². The number of benzene rings is 2. The van der Waals surface area contributed by atoms with E-state index < -0.39 is 17.7 Å². The Kier molecular flexibility index (Phi) is 7.24. The molecule has 6 nitrogen and oxygen atoms in total. The minimum Gasteiger partial charge on any atom is -0.400 e. The summed E-state index contributed by atoms with van der Waals surface area (Å²) in [6.07, 6.45) is 1.15. The molecule has 1 N–H and O–H groups in total. The van der Waals surface area contributed by atoms with Crippen molar-refractivity contribution < 1.29 is 28.8 Å². The Balaban J connectivity index is 0.00000126. The van der Waals surface area contributed by atoms with Crippen molar-refractivity contribution in [3.8, 4) is 0 Å². The lowest BCUT2D eigenvalue weighted by Crippen LogP contribution is -2.55. The minimum absolute atomic E-state index is 0.0216. The number of fused-ring (bicyclic) bond motifs is 1. The van der Waals surface area contributed by atoms with Gasteiger partial charge < -0.3 is 28.8 Å². The van der Waals surface area contributed by atoms with Gasteiger partial charge in [0, 0.05) is 12.5 Å². The van der Waals surface area contributed by atoms with E-state index in [-0.39, 0.29) is 17.6 Å². The summed E-state index contributed by atoms with van der Waals surface area (Å²) >= 11 is 0. The van der Waals surface area contributed by atoms with Crippen LogP contribution in [0.4, 0.5) is 0 Å². The van der Waals surface area contributed by atoms with Crippen LogP contribution >= 0.6 is 0 Å². The first-order valence-electron chi connectivity index (χ1n) is 11.7. The van der Waals surface area contributed by atoms with Gasteiger partial charge in [0.15, 0.2) is 12.1 Å². The third kappa shape index (κ3) is 5.02. The van der Waals surface area contributed by atoms with E-state index in [0.717, 1.165) is 31.1 Å². The van der Waals surface area contributed by atoms with Gasteiger partial charge in [0.1, 0.15) is 17.8 Å². The van der Waals surface area contributed by atoms with Crippen LogP contribution in [-0.2, 0) is 36.9 Å². The van der Waals surface area contributed by atoms with Gasteiger partial charge >= 0.3 is 0 Å². The molecule has 2 aliphatic heterocycles. The molecule has 2 aromatic carbocycles. The minimum atomic E-state index is -0.689. The maximum atomic E-state index is 7.00. The van der Waals surface area contributed by atoms with Crippen molar-refractivity contribution >= 4 is 0 Å². The molecule has 2 heterocycles. The molecule has 1 aliphatic carbocycles. The van der Waals surface area contributed by atoms with Crippen molar-refractivity contribution in [2.45, 2.75) is 76.7 Å². The lowest BCUT2D eigenvalue weighted by molar-refractivity contribution is -0.270. The van der Waals surface area contributed by atoms with Crippen LogP contribution in [0.3, 0.4) is 0 Å². The van der Waals surface area contributed by atoms with E-state index in [2.05, 4.69) is 31.2 Å². The number of hydrogen-bond donors (Lipinski definition) is 1. The van der Waals surface area contributed by atoms with E-state index in [4.69, 9.17) is 28.8 Å². The summed E-state index contributed by atoms with van der Waals surface area (Å²) < 4.78 is 31.9. The number of aliphatic hydroxyl groups is 1. The molecule has 33 heavy (non-hydrogen) atoms. The predicted molar refractivity (Wildman–Crippen MR) is 124 cm³/mol. The zero-order chi connectivity index (χ0) is 23.5. The Morgan fingerprint density at radius 1 is 0.818 bits per heavy atom. The molecular weight excluding hydrogens is 420 g/mol. The third-order valence-electron chi connectivity index (χ3n) is 6.89. The second-order valence-electron chi connectivity index (χ2n) is 9.73. The summed E-state index contributed by atoms with van der Waals surface area (Å²) in [4.78, 5) is 0. The van der Waals surface area contributed by atoms with Crippen LogP contribution in [0.5, 0.6) is 0 Å². The molecule has 1 saturated carbocycles. The van der Waals surface area contributed by atoms with Gasteiger partial charge in [-0.05, 0) is 37.8 Å². The molecule has 180 valence electrons. The lowest BCUT2D eigenvalue weighted by atomic mass is 9.80. The van der Waals surface area contributed by atoms with E-state index >= 15 is 0 Å². The molecule has 3 unspecified atom stereocenters. The van der Waals surface area contributed by atoms with E-state index in [0.29, 0.717) is 19.8 Å². The van der Waals surface area contributed by atoms with Gasteiger partial charge in [-0.25, -0.2) is 0 Å². The Hall–Kier alpha value is -1.80. The zero-order valence-electron chi connectivity index (χ0n) is 20.0. The molecular formula is C27H36O6. The summed E-state index contributed by atoms with van der Waals surface area (Å²) in [5, 5.41) is 7.00. The number of ether oxygens (including phenoxy) is 5. The summed E-state index contributed by atoms with van der Waals surface area (Å²) in [5.74, 6) is -0.689. The monoisotopic (exact) mass is 456 g/mol. The standard InChI is InChI=1S/C26H32O5.CH4O/c1-24(2)29-21-22(28-17-20-12-8-5-9-13-20)26(25(3)14-15-25,31-23(21)30-24)18-27-16-19-10-6-4-7-11-19;1-2/h4-13,21-23H,14-18H2,1-3H3;2H,1H3/t21?,22?,23?,26-;/m1./s1. The summed E-state index contributed by atoms with van der Waals surface area (Å²) in [6, 6.07) is 20.5. The SMILES string of the molecule is CC1(C)OC2O[C@@](COCc3ccccc3)(C3(C)CC3)C(OCc3ccccc3)C2O1.CO. The van der Waals surface area contributed by atoms with Crippen molar-refractivity contribution in [3.63, 3.8) is 0 Å². The summed E-state index contributed by atoms with van der Waals surface area (Å²) in [6.45, 7) is 7.60. The first-order valence-corrected chi connectivity index (χ1v) is 11.7. The average Bonchev–Trinajstić information content (AvgIpc) is 3.42. The second kappa shape index (κ2) is 9.82. The molecule has 0 radical (unpaired) electrons. The number of hydrogen-bond acceptors (Lipinski definition) is 6. The Labute approximate surface area is 196 Å². The number of aliphatic hydroxyl groups excluding tert-OH is 1. The largest absolute Gasteiger partial charge is 0.400 e. The van der Waals surface area contributed by atoms with Gasteiger partial charge in [0.2, 0.25) is 0 Å². The fraction of sp³-hybridized carbons (Fsp3) is 0.556. The van der Waals surface area contributed by atoms with Crippen molar-refractivity contribution in [3.05, 3.63) is 71.8 Å². The van der Waals surface area contributed by atoms with E-state index in [1.54, 1.807) is 0 Å². The maximum absolute atomic E-state index is 7.00. The first kappa shape index (κ1) is 24.3. The van der Waals surface area contributed by atoms with Crippen LogP contribution in [-0.4, -0.2) is 48.7 Å². The molecule has 0 amide bonds. The van der Waals surface area contributed by atoms with Gasteiger partial charge in [0.25, 0.3) is 0 Å². The molecule has 6 heteroatoms. The van der Waals surface area contributed by atoms with Crippen molar-refractivity contribution in [2.24, 2.45) is 5.41 Å². The molecule has 0 bridgehead atoms. The molecule has 4 atom stereocenters. The van der Waals surface area contributed by atoms with Gasteiger partial charge in [-0.1, -0.05) is 67.6 Å².